The molecular weight excluding hydrogens is 745 g/mol. The molecule has 0 bridgehead atoms. The van der Waals surface area contributed by atoms with Crippen LogP contribution >= 0.6 is 0 Å². The monoisotopic (exact) mass is 812 g/mol. The van der Waals surface area contributed by atoms with Crippen LogP contribution in [-0.4, -0.2) is 72.6 Å². The molecule has 2 unspecified atom stereocenters. The van der Waals surface area contributed by atoms with E-state index in [-0.39, 0.29) is 42.1 Å². The van der Waals surface area contributed by atoms with Gasteiger partial charge in [0.2, 0.25) is 16.3 Å². The van der Waals surface area contributed by atoms with Crippen molar-refractivity contribution >= 4 is 45.0 Å². The number of Topliss-reactive ketones (excluding diaryl/α,β-unsaturated/α-hetero) is 1. The summed E-state index contributed by atoms with van der Waals surface area (Å²) in [6.45, 7) is 12.4. The van der Waals surface area contributed by atoms with E-state index in [9.17, 15) is 27.6 Å². The number of carbonyl (C=O) groups is 4. The third-order valence-corrected chi connectivity index (χ3v) is 11.2. The van der Waals surface area contributed by atoms with Gasteiger partial charge in [0.15, 0.2) is 11.8 Å². The number of anilines is 2. The molecule has 13 heteroatoms. The number of ether oxygens (including phenoxy) is 2. The molecule has 318 valence electrons. The van der Waals surface area contributed by atoms with E-state index in [4.69, 9.17) is 9.47 Å². The number of carbonyl (C=O) groups excluding carboxylic acids is 4. The average molecular weight is 813 g/mol. The van der Waals surface area contributed by atoms with Gasteiger partial charge in [-0.15, -0.1) is 0 Å². The molecule has 12 nitrogen and oxygen atoms in total. The minimum Gasteiger partial charge on any atom is -0.489 e. The number of urea groups is 1. The molecule has 2 atom stereocenters. The maximum absolute atomic E-state index is 14.3. The lowest BCUT2D eigenvalue weighted by Crippen LogP contribution is -2.55. The second-order valence-corrected chi connectivity index (χ2v) is 18.2. The highest BCUT2D eigenvalue weighted by Crippen LogP contribution is 2.33. The normalized spacial score (nSPS) is 15.3. The van der Waals surface area contributed by atoms with Gasteiger partial charge in [-0.05, 0) is 51.0 Å². The van der Waals surface area contributed by atoms with Crippen LogP contribution in [0.25, 0.3) is 0 Å². The molecular formula is C44H68N4O8S. The van der Waals surface area contributed by atoms with Gasteiger partial charge in [-0.1, -0.05) is 141 Å². The molecule has 2 N–H and O–H groups in total. The summed E-state index contributed by atoms with van der Waals surface area (Å²) >= 11 is 0. The Bertz CT molecular complexity index is 1690. The highest BCUT2D eigenvalue weighted by atomic mass is 32.2. The molecule has 2 aromatic carbocycles. The molecule has 0 saturated carbocycles. The van der Waals surface area contributed by atoms with Crippen LogP contribution in [0.3, 0.4) is 0 Å². The van der Waals surface area contributed by atoms with Gasteiger partial charge in [-0.2, -0.15) is 0 Å². The summed E-state index contributed by atoms with van der Waals surface area (Å²) in [6, 6.07) is 10.8. The zero-order valence-electron chi connectivity index (χ0n) is 35.4. The SMILES string of the molecule is CCCCCCCCCCCCCCCCS(=O)(=O)Nc1ccc(OC(C)C)c(NC(=O)C(C(=O)C(C)(C)C)N2C(=O)C(OCC)N(Cc3ccccc3)C2=O)c1. The third kappa shape index (κ3) is 15.4. The number of benzene rings is 2. The molecule has 0 aromatic heterocycles. The molecule has 1 heterocycles. The summed E-state index contributed by atoms with van der Waals surface area (Å²) in [4.78, 5) is 58.1. The number of nitrogens with one attached hydrogen (secondary N) is 2. The standard InChI is InChI=1S/C44H68N4O8S/c1-8-10-11-12-13-14-15-16-17-18-19-20-21-25-30-57(53,54)46-35-28-29-37(56-33(3)4)36(31-35)45-40(50)38(39(49)44(5,6)7)48-41(51)42(55-9-2)47(43(48)52)32-34-26-23-22-24-27-34/h22-24,26-29,31,33,38,42,46H,8-21,25,30,32H2,1-7H3,(H,45,50). The topological polar surface area (TPSA) is 151 Å². The third-order valence-electron chi connectivity index (χ3n) is 9.84. The van der Waals surface area contributed by atoms with E-state index in [1.807, 2.05) is 6.07 Å². The van der Waals surface area contributed by atoms with Crippen molar-refractivity contribution in [1.29, 1.82) is 0 Å². The van der Waals surface area contributed by atoms with Crippen LogP contribution in [0.5, 0.6) is 5.75 Å². The van der Waals surface area contributed by atoms with Crippen LogP contribution in [0.2, 0.25) is 0 Å². The average Bonchev–Trinajstić information content (AvgIpc) is 3.36. The summed E-state index contributed by atoms with van der Waals surface area (Å²) in [5, 5.41) is 2.70. The van der Waals surface area contributed by atoms with E-state index in [2.05, 4.69) is 17.0 Å². The molecule has 1 aliphatic rings. The fourth-order valence-electron chi connectivity index (χ4n) is 6.80. The predicted octanol–water partition coefficient (Wildman–Crippen LogP) is 9.45. The number of imide groups is 1. The Balaban J connectivity index is 1.70. The van der Waals surface area contributed by atoms with Crippen molar-refractivity contribution in [2.75, 3.05) is 22.4 Å². The highest BCUT2D eigenvalue weighted by Gasteiger charge is 2.54. The van der Waals surface area contributed by atoms with E-state index < -0.39 is 51.3 Å². The Morgan fingerprint density at radius 1 is 0.807 bits per heavy atom. The van der Waals surface area contributed by atoms with Gasteiger partial charge >= 0.3 is 6.03 Å². The van der Waals surface area contributed by atoms with Crippen molar-refractivity contribution in [1.82, 2.24) is 9.80 Å². The fraction of sp³-hybridized carbons (Fsp3) is 0.636. The lowest BCUT2D eigenvalue weighted by molar-refractivity contribution is -0.149. The molecule has 57 heavy (non-hydrogen) atoms. The maximum Gasteiger partial charge on any atom is 0.330 e. The van der Waals surface area contributed by atoms with E-state index in [1.54, 1.807) is 65.8 Å². The van der Waals surface area contributed by atoms with Crippen molar-refractivity contribution in [3.8, 4) is 5.75 Å². The summed E-state index contributed by atoms with van der Waals surface area (Å²) in [7, 11) is -3.73. The highest BCUT2D eigenvalue weighted by molar-refractivity contribution is 7.92. The number of hydrogen-bond acceptors (Lipinski definition) is 8. The first kappa shape index (κ1) is 47.4. The minimum absolute atomic E-state index is 0.0125. The fourth-order valence-corrected chi connectivity index (χ4v) is 7.97. The Hall–Kier alpha value is -3.97. The van der Waals surface area contributed by atoms with Gasteiger partial charge in [0.1, 0.15) is 5.75 Å². The number of sulfonamides is 1. The van der Waals surface area contributed by atoms with Crippen molar-refractivity contribution in [3.05, 3.63) is 54.1 Å². The summed E-state index contributed by atoms with van der Waals surface area (Å²) < 4.78 is 40.5. The van der Waals surface area contributed by atoms with Crippen molar-refractivity contribution in [2.24, 2.45) is 5.41 Å². The number of rotatable bonds is 27. The molecule has 1 fully saturated rings. The quantitative estimate of drug-likeness (QED) is 0.0515. The van der Waals surface area contributed by atoms with Gasteiger partial charge in [0.05, 0.1) is 29.8 Å². The van der Waals surface area contributed by atoms with Crippen LogP contribution in [0.15, 0.2) is 48.5 Å². The van der Waals surface area contributed by atoms with Gasteiger partial charge in [-0.25, -0.2) is 18.1 Å². The molecule has 3 rings (SSSR count). The largest absolute Gasteiger partial charge is 0.489 e. The molecule has 0 aliphatic carbocycles. The number of hydrogen-bond donors (Lipinski definition) is 2. The first-order valence-electron chi connectivity index (χ1n) is 21.0. The number of amides is 4. The van der Waals surface area contributed by atoms with E-state index in [0.717, 1.165) is 24.8 Å². The lowest BCUT2D eigenvalue weighted by Gasteiger charge is -2.29. The van der Waals surface area contributed by atoms with Crippen molar-refractivity contribution < 1.29 is 37.1 Å². The van der Waals surface area contributed by atoms with Crippen LogP contribution < -0.4 is 14.8 Å². The summed E-state index contributed by atoms with van der Waals surface area (Å²) in [5.41, 5.74) is -0.159. The lowest BCUT2D eigenvalue weighted by atomic mass is 9.85. The molecule has 1 saturated heterocycles. The molecule has 0 radical (unpaired) electrons. The predicted molar refractivity (Wildman–Crippen MR) is 226 cm³/mol. The molecule has 1 aliphatic heterocycles. The van der Waals surface area contributed by atoms with E-state index >= 15 is 0 Å². The Kier molecular flexibility index (Phi) is 19.5. The maximum atomic E-state index is 14.3. The zero-order chi connectivity index (χ0) is 42.0. The Morgan fingerprint density at radius 3 is 1.89 bits per heavy atom. The van der Waals surface area contributed by atoms with E-state index in [0.29, 0.717) is 11.3 Å². The smallest absolute Gasteiger partial charge is 0.330 e. The van der Waals surface area contributed by atoms with Gasteiger partial charge in [-0.3, -0.25) is 24.0 Å². The van der Waals surface area contributed by atoms with Crippen molar-refractivity contribution in [2.45, 2.75) is 163 Å². The second-order valence-electron chi connectivity index (χ2n) is 16.3. The van der Waals surface area contributed by atoms with Crippen LogP contribution in [-0.2, 0) is 35.7 Å². The Labute approximate surface area is 341 Å². The summed E-state index contributed by atoms with van der Waals surface area (Å²) in [5.74, 6) is -2.30. The van der Waals surface area contributed by atoms with Crippen LogP contribution in [0.4, 0.5) is 16.2 Å². The summed E-state index contributed by atoms with van der Waals surface area (Å²) in [6.07, 6.45) is 14.6. The number of nitrogens with zero attached hydrogens (tertiary/aromatic N) is 2. The first-order valence-corrected chi connectivity index (χ1v) is 22.7. The van der Waals surface area contributed by atoms with Gasteiger partial charge < -0.3 is 14.8 Å². The second kappa shape index (κ2) is 23.4. The van der Waals surface area contributed by atoms with Gasteiger partial charge in [0.25, 0.3) is 11.8 Å². The van der Waals surface area contributed by atoms with Crippen LogP contribution in [0.1, 0.15) is 144 Å². The zero-order valence-corrected chi connectivity index (χ0v) is 36.3. The minimum atomic E-state index is -3.73. The van der Waals surface area contributed by atoms with E-state index in [1.165, 1.54) is 87.3 Å². The Morgan fingerprint density at radius 2 is 1.37 bits per heavy atom. The van der Waals surface area contributed by atoms with Gasteiger partial charge in [0, 0.05) is 12.0 Å². The molecule has 0 spiro atoms. The van der Waals surface area contributed by atoms with Crippen LogP contribution in [0, 0.1) is 5.41 Å². The first-order chi connectivity index (χ1) is 27.1. The number of ketones is 1. The number of unbranched alkanes of at least 4 members (excludes halogenated alkanes) is 13. The molecule has 4 amide bonds. The molecule has 2 aromatic rings. The van der Waals surface area contributed by atoms with Crippen molar-refractivity contribution in [3.63, 3.8) is 0 Å².